The molecule has 22 heavy (non-hydrogen) atoms. The van der Waals surface area contributed by atoms with Crippen LogP contribution in [-0.4, -0.2) is 61.7 Å². The standard InChI is InChI=1S/C19H42N.BrH.Na.H/c1-5-6-7-8-9-10-11-12-13-14-15-16-17-18-19-20(2,3)4;;;/h5-19H2,1-4H3;1H;;/q+1;;;/p-1. The van der Waals surface area contributed by atoms with Gasteiger partial charge in [0.1, 0.15) is 0 Å². The molecule has 0 aliphatic heterocycles. The minimum absolute atomic E-state index is 0. The van der Waals surface area contributed by atoms with Crippen LogP contribution in [0.4, 0.5) is 0 Å². The molecule has 0 fully saturated rings. The van der Waals surface area contributed by atoms with Crippen LogP contribution in [0.25, 0.3) is 0 Å². The van der Waals surface area contributed by atoms with Crippen molar-refractivity contribution in [2.24, 2.45) is 0 Å². The fourth-order valence-electron chi connectivity index (χ4n) is 2.78. The van der Waals surface area contributed by atoms with Crippen LogP contribution in [0.15, 0.2) is 0 Å². The Bertz CT molecular complexity index is 192. The Balaban J connectivity index is -0.00000180. The van der Waals surface area contributed by atoms with Crippen LogP contribution in [0.5, 0.6) is 0 Å². The van der Waals surface area contributed by atoms with E-state index in [4.69, 9.17) is 0 Å². The molecule has 0 amide bonds. The molecule has 0 rings (SSSR count). The molecule has 0 bridgehead atoms. The second-order valence-corrected chi connectivity index (χ2v) is 7.61. The molecule has 0 aromatic rings. The Morgan fingerprint density at radius 3 is 1.05 bits per heavy atom. The monoisotopic (exact) mass is 387 g/mol. The van der Waals surface area contributed by atoms with Crippen LogP contribution >= 0.6 is 0 Å². The molecule has 0 aromatic heterocycles. The van der Waals surface area contributed by atoms with Crippen LogP contribution in [0.2, 0.25) is 0 Å². The first-order valence-electron chi connectivity index (χ1n) is 9.36. The fraction of sp³-hybridized carbons (Fsp3) is 1.00. The Kier molecular flexibility index (Phi) is 26.3. The van der Waals surface area contributed by atoms with Crippen molar-refractivity contribution in [3.63, 3.8) is 0 Å². The molecule has 132 valence electrons. The van der Waals surface area contributed by atoms with Crippen LogP contribution in [0.1, 0.15) is 96.8 Å². The van der Waals surface area contributed by atoms with Gasteiger partial charge in [0.25, 0.3) is 0 Å². The van der Waals surface area contributed by atoms with Gasteiger partial charge in [-0.25, -0.2) is 0 Å². The van der Waals surface area contributed by atoms with Gasteiger partial charge in [-0.05, 0) is 12.8 Å². The Morgan fingerprint density at radius 1 is 0.500 bits per heavy atom. The third kappa shape index (κ3) is 26.3. The van der Waals surface area contributed by atoms with E-state index in [-0.39, 0.29) is 46.5 Å². The van der Waals surface area contributed by atoms with Crippen molar-refractivity contribution in [1.82, 2.24) is 0 Å². The van der Waals surface area contributed by atoms with Gasteiger partial charge in [0.2, 0.25) is 0 Å². The number of hydrogen-bond acceptors (Lipinski definition) is 0. The summed E-state index contributed by atoms with van der Waals surface area (Å²) >= 11 is 0. The van der Waals surface area contributed by atoms with Gasteiger partial charge in [-0.2, -0.15) is 0 Å². The van der Waals surface area contributed by atoms with Gasteiger partial charge in [-0.1, -0.05) is 84.0 Å². The molecule has 0 N–H and O–H groups in total. The summed E-state index contributed by atoms with van der Waals surface area (Å²) in [5, 5.41) is 0. The average Bonchev–Trinajstić information content (AvgIpc) is 2.38. The molecular formula is C19H43BrNNa. The van der Waals surface area contributed by atoms with E-state index in [0.717, 1.165) is 4.48 Å². The molecule has 0 atom stereocenters. The second-order valence-electron chi connectivity index (χ2n) is 7.61. The van der Waals surface area contributed by atoms with Crippen molar-refractivity contribution in [2.45, 2.75) is 96.8 Å². The zero-order chi connectivity index (χ0) is 15.1. The van der Waals surface area contributed by atoms with Crippen molar-refractivity contribution in [1.29, 1.82) is 0 Å². The predicted octanol–water partition coefficient (Wildman–Crippen LogP) is 2.53. The third-order valence-corrected chi connectivity index (χ3v) is 4.18. The molecule has 0 spiro atoms. The van der Waals surface area contributed by atoms with Crippen molar-refractivity contribution in [3.8, 4) is 0 Å². The molecule has 0 radical (unpaired) electrons. The van der Waals surface area contributed by atoms with Crippen molar-refractivity contribution < 1.29 is 21.5 Å². The number of quaternary nitrogens is 1. The fourth-order valence-corrected chi connectivity index (χ4v) is 2.78. The van der Waals surface area contributed by atoms with E-state index in [1.54, 1.807) is 0 Å². The molecule has 0 unspecified atom stereocenters. The summed E-state index contributed by atoms with van der Waals surface area (Å²) in [5.74, 6) is 0. The van der Waals surface area contributed by atoms with E-state index in [1.165, 1.54) is 96.4 Å². The number of rotatable bonds is 15. The number of unbranched alkanes of at least 4 members (excludes halogenated alkanes) is 13. The normalized spacial score (nSPS) is 10.9. The number of hydrogen-bond donors (Lipinski definition) is 0. The Hall–Kier alpha value is 1.44. The van der Waals surface area contributed by atoms with E-state index in [1.807, 2.05) is 0 Å². The minimum atomic E-state index is 0. The topological polar surface area (TPSA) is 0 Å². The van der Waals surface area contributed by atoms with E-state index in [0.29, 0.717) is 0 Å². The molecule has 0 saturated carbocycles. The Labute approximate surface area is 174 Å². The molecule has 0 aliphatic rings. The van der Waals surface area contributed by atoms with Crippen LogP contribution in [0.3, 0.4) is 0 Å². The van der Waals surface area contributed by atoms with Crippen molar-refractivity contribution >= 4 is 29.6 Å². The van der Waals surface area contributed by atoms with Gasteiger partial charge in [-0.15, -0.1) is 0 Å². The van der Waals surface area contributed by atoms with E-state index in [2.05, 4.69) is 28.1 Å². The van der Waals surface area contributed by atoms with Crippen LogP contribution < -0.4 is 17.0 Å². The number of halogens is 1. The van der Waals surface area contributed by atoms with E-state index < -0.39 is 0 Å². The van der Waals surface area contributed by atoms with Crippen LogP contribution in [-0.2, 0) is 0 Å². The summed E-state index contributed by atoms with van der Waals surface area (Å²) in [7, 11) is 6.88. The molecule has 0 heterocycles. The first-order chi connectivity index (χ1) is 9.56. The zero-order valence-corrected chi connectivity index (χ0v) is 17.0. The number of nitrogens with zero attached hydrogens (tertiary/aromatic N) is 1. The summed E-state index contributed by atoms with van der Waals surface area (Å²) in [6.45, 7) is 3.63. The molecule has 3 heteroatoms. The maximum atomic E-state index is 2.29. The molecule has 0 aliphatic carbocycles. The first kappa shape index (κ1) is 28.3. The van der Waals surface area contributed by atoms with Crippen molar-refractivity contribution in [2.75, 3.05) is 27.7 Å². The van der Waals surface area contributed by atoms with E-state index >= 15 is 0 Å². The van der Waals surface area contributed by atoms with Gasteiger partial charge >= 0.3 is 29.6 Å². The summed E-state index contributed by atoms with van der Waals surface area (Å²) in [5.41, 5.74) is 0. The van der Waals surface area contributed by atoms with Crippen LogP contribution in [0, 0.1) is 0 Å². The van der Waals surface area contributed by atoms with Gasteiger partial charge in [0, 0.05) is 0 Å². The molecular weight excluding hydrogens is 345 g/mol. The van der Waals surface area contributed by atoms with Gasteiger partial charge < -0.3 is 21.5 Å². The first-order valence-corrected chi connectivity index (χ1v) is 9.36. The van der Waals surface area contributed by atoms with Gasteiger partial charge in [-0.3, -0.25) is 0 Å². The quantitative estimate of drug-likeness (QED) is 0.230. The predicted molar refractivity (Wildman–Crippen MR) is 100 cm³/mol. The van der Waals surface area contributed by atoms with E-state index in [9.17, 15) is 0 Å². The molecule has 1 nitrogen and oxygen atoms in total. The Morgan fingerprint density at radius 2 is 0.773 bits per heavy atom. The SMILES string of the molecule is CCCCCCCCCCCCCCCC[N+](C)(C)C.[Br-].[NaH]. The summed E-state index contributed by atoms with van der Waals surface area (Å²) in [6, 6.07) is 0. The molecule has 0 saturated heterocycles. The van der Waals surface area contributed by atoms with Gasteiger partial charge in [0.05, 0.1) is 27.7 Å². The summed E-state index contributed by atoms with van der Waals surface area (Å²) in [4.78, 5) is 0. The maximum absolute atomic E-state index is 2.29. The van der Waals surface area contributed by atoms with Crippen molar-refractivity contribution in [3.05, 3.63) is 0 Å². The van der Waals surface area contributed by atoms with Gasteiger partial charge in [0.15, 0.2) is 0 Å². The summed E-state index contributed by atoms with van der Waals surface area (Å²) in [6.07, 6.45) is 20.4. The second kappa shape index (κ2) is 20.5. The molecule has 0 aromatic carbocycles. The average molecular weight is 388 g/mol. The zero-order valence-electron chi connectivity index (χ0n) is 15.4. The summed E-state index contributed by atoms with van der Waals surface area (Å²) < 4.78 is 1.12. The third-order valence-electron chi connectivity index (χ3n) is 4.18.